The highest BCUT2D eigenvalue weighted by Crippen LogP contribution is 2.43. The Labute approximate surface area is 104 Å². The second kappa shape index (κ2) is 4.30. The molecule has 1 aromatic carbocycles. The largest absolute Gasteiger partial charge is 0.317 e. The van der Waals surface area contributed by atoms with Crippen LogP contribution < -0.4 is 5.32 Å². The Morgan fingerprint density at radius 1 is 1.06 bits per heavy atom. The van der Waals surface area contributed by atoms with E-state index in [9.17, 15) is 0 Å². The molecule has 2 aliphatic rings. The van der Waals surface area contributed by atoms with Gasteiger partial charge in [-0.25, -0.2) is 0 Å². The molecule has 0 saturated carbocycles. The van der Waals surface area contributed by atoms with Gasteiger partial charge in [-0.2, -0.15) is 0 Å². The van der Waals surface area contributed by atoms with Gasteiger partial charge in [-0.05, 0) is 56.3 Å². The topological polar surface area (TPSA) is 12.0 Å². The average molecular weight is 227 g/mol. The molecule has 1 heteroatoms. The lowest BCUT2D eigenvalue weighted by Gasteiger charge is -2.39. The summed E-state index contributed by atoms with van der Waals surface area (Å²) in [5.41, 5.74) is 5.01. The molecule has 0 atom stereocenters. The highest BCUT2D eigenvalue weighted by atomic mass is 14.9. The molecule has 1 fully saturated rings. The first kappa shape index (κ1) is 11.0. The summed E-state index contributed by atoms with van der Waals surface area (Å²) < 4.78 is 0. The van der Waals surface area contributed by atoms with Gasteiger partial charge in [-0.1, -0.05) is 36.4 Å². The third kappa shape index (κ3) is 1.93. The van der Waals surface area contributed by atoms with E-state index < -0.39 is 0 Å². The monoisotopic (exact) mass is 227 g/mol. The van der Waals surface area contributed by atoms with E-state index in [1.807, 2.05) is 0 Å². The molecule has 0 aromatic heterocycles. The first-order valence-electron chi connectivity index (χ1n) is 6.76. The van der Waals surface area contributed by atoms with Gasteiger partial charge in [0.25, 0.3) is 0 Å². The number of nitrogens with one attached hydrogen (secondary N) is 1. The van der Waals surface area contributed by atoms with Gasteiger partial charge in [0, 0.05) is 5.41 Å². The molecule has 0 unspecified atom stereocenters. The summed E-state index contributed by atoms with van der Waals surface area (Å²) in [6.45, 7) is 6.60. The summed E-state index contributed by atoms with van der Waals surface area (Å²) in [5.74, 6) is 0. The van der Waals surface area contributed by atoms with Gasteiger partial charge < -0.3 is 5.32 Å². The average Bonchev–Trinajstić information content (AvgIpc) is 2.49. The number of hydrogen-bond donors (Lipinski definition) is 1. The van der Waals surface area contributed by atoms with E-state index in [-0.39, 0.29) is 0 Å². The van der Waals surface area contributed by atoms with Crippen LogP contribution in [0.3, 0.4) is 0 Å². The molecule has 1 heterocycles. The van der Waals surface area contributed by atoms with Crippen LogP contribution in [0.15, 0.2) is 36.4 Å². The van der Waals surface area contributed by atoms with E-state index in [1.54, 1.807) is 11.1 Å². The summed E-state index contributed by atoms with van der Waals surface area (Å²) in [4.78, 5) is 0. The molecule has 17 heavy (non-hydrogen) atoms. The van der Waals surface area contributed by atoms with Crippen molar-refractivity contribution in [2.45, 2.75) is 37.5 Å². The van der Waals surface area contributed by atoms with Crippen molar-refractivity contribution in [3.8, 4) is 0 Å². The number of hydrogen-bond acceptors (Lipinski definition) is 1. The maximum atomic E-state index is 4.29. The Morgan fingerprint density at radius 3 is 2.65 bits per heavy atom. The number of benzene rings is 1. The van der Waals surface area contributed by atoms with Crippen LogP contribution in [-0.2, 0) is 11.8 Å². The summed E-state index contributed by atoms with van der Waals surface area (Å²) in [6, 6.07) is 9.06. The van der Waals surface area contributed by atoms with Crippen LogP contribution in [0.1, 0.15) is 36.8 Å². The standard InChI is InChI=1S/C16H21N/c1-13-6-7-14-4-2-3-5-15(14)16(12-13)8-10-17-11-9-16/h2-5,17H,1,6-12H2. The number of piperidine rings is 1. The Balaban J connectivity index is 2.08. The third-order valence-corrected chi connectivity index (χ3v) is 4.49. The van der Waals surface area contributed by atoms with E-state index >= 15 is 0 Å². The number of rotatable bonds is 0. The minimum atomic E-state index is 0.384. The zero-order valence-corrected chi connectivity index (χ0v) is 10.5. The fraction of sp³-hybridized carbons (Fsp3) is 0.500. The number of fused-ring (bicyclic) bond motifs is 2. The van der Waals surface area contributed by atoms with Crippen molar-refractivity contribution in [3.05, 3.63) is 47.5 Å². The number of allylic oxidation sites excluding steroid dienone is 1. The van der Waals surface area contributed by atoms with Crippen molar-refractivity contribution < 1.29 is 0 Å². The molecule has 1 N–H and O–H groups in total. The molecule has 1 aromatic rings. The van der Waals surface area contributed by atoms with Gasteiger partial charge >= 0.3 is 0 Å². The summed E-state index contributed by atoms with van der Waals surface area (Å²) in [7, 11) is 0. The Kier molecular flexibility index (Phi) is 2.79. The molecule has 1 nitrogen and oxygen atoms in total. The maximum absolute atomic E-state index is 4.29. The smallest absolute Gasteiger partial charge is 0.00168 e. The first-order chi connectivity index (χ1) is 8.30. The maximum Gasteiger partial charge on any atom is 0.00168 e. The Bertz CT molecular complexity index is 427. The molecular weight excluding hydrogens is 206 g/mol. The molecule has 3 rings (SSSR count). The normalized spacial score (nSPS) is 23.2. The predicted octanol–water partition coefficient (Wildman–Crippen LogP) is 3.20. The summed E-state index contributed by atoms with van der Waals surface area (Å²) in [6.07, 6.45) is 6.09. The van der Waals surface area contributed by atoms with Crippen molar-refractivity contribution in [1.29, 1.82) is 0 Å². The molecule has 90 valence electrons. The first-order valence-corrected chi connectivity index (χ1v) is 6.76. The lowest BCUT2D eigenvalue weighted by Crippen LogP contribution is -2.40. The fourth-order valence-electron chi connectivity index (χ4n) is 3.58. The van der Waals surface area contributed by atoms with Crippen molar-refractivity contribution in [2.24, 2.45) is 0 Å². The minimum absolute atomic E-state index is 0.384. The molecule has 0 radical (unpaired) electrons. The van der Waals surface area contributed by atoms with Crippen LogP contribution in [0, 0.1) is 0 Å². The zero-order chi connectivity index (χ0) is 11.7. The second-order valence-corrected chi connectivity index (χ2v) is 5.61. The van der Waals surface area contributed by atoms with Crippen LogP contribution in [0.25, 0.3) is 0 Å². The second-order valence-electron chi connectivity index (χ2n) is 5.61. The summed E-state index contributed by atoms with van der Waals surface area (Å²) in [5, 5.41) is 3.49. The van der Waals surface area contributed by atoms with Gasteiger partial charge in [0.1, 0.15) is 0 Å². The van der Waals surface area contributed by atoms with Crippen LogP contribution in [0.4, 0.5) is 0 Å². The van der Waals surface area contributed by atoms with Gasteiger partial charge in [0.15, 0.2) is 0 Å². The van der Waals surface area contributed by atoms with Gasteiger partial charge in [0.05, 0.1) is 0 Å². The van der Waals surface area contributed by atoms with Crippen molar-refractivity contribution in [1.82, 2.24) is 5.32 Å². The Hall–Kier alpha value is -1.08. The molecule has 0 bridgehead atoms. The van der Waals surface area contributed by atoms with Crippen LogP contribution >= 0.6 is 0 Å². The zero-order valence-electron chi connectivity index (χ0n) is 10.5. The van der Waals surface area contributed by atoms with E-state index in [2.05, 4.69) is 36.2 Å². The van der Waals surface area contributed by atoms with E-state index in [0.29, 0.717) is 5.41 Å². The Morgan fingerprint density at radius 2 is 1.82 bits per heavy atom. The predicted molar refractivity (Wildman–Crippen MR) is 72.3 cm³/mol. The van der Waals surface area contributed by atoms with Gasteiger partial charge in [0.2, 0.25) is 0 Å². The summed E-state index contributed by atoms with van der Waals surface area (Å²) >= 11 is 0. The highest BCUT2D eigenvalue weighted by molar-refractivity contribution is 5.38. The van der Waals surface area contributed by atoms with E-state index in [4.69, 9.17) is 0 Å². The highest BCUT2D eigenvalue weighted by Gasteiger charge is 2.37. The quantitative estimate of drug-likeness (QED) is 0.671. The van der Waals surface area contributed by atoms with Crippen LogP contribution in [-0.4, -0.2) is 13.1 Å². The van der Waals surface area contributed by atoms with Crippen LogP contribution in [0.2, 0.25) is 0 Å². The lowest BCUT2D eigenvalue weighted by atomic mass is 9.69. The van der Waals surface area contributed by atoms with E-state index in [0.717, 1.165) is 13.1 Å². The molecule has 0 amide bonds. The molecule has 1 saturated heterocycles. The lowest BCUT2D eigenvalue weighted by molar-refractivity contribution is 0.305. The molecule has 1 spiro atoms. The number of aryl methyl sites for hydroxylation is 1. The fourth-order valence-corrected chi connectivity index (χ4v) is 3.58. The molecule has 1 aliphatic heterocycles. The van der Waals surface area contributed by atoms with E-state index in [1.165, 1.54) is 37.7 Å². The van der Waals surface area contributed by atoms with Crippen molar-refractivity contribution in [2.75, 3.05) is 13.1 Å². The van der Waals surface area contributed by atoms with Gasteiger partial charge in [-0.15, -0.1) is 0 Å². The van der Waals surface area contributed by atoms with Gasteiger partial charge in [-0.3, -0.25) is 0 Å². The minimum Gasteiger partial charge on any atom is -0.317 e. The molecule has 1 aliphatic carbocycles. The SMILES string of the molecule is C=C1CCc2ccccc2C2(CCNCC2)C1. The van der Waals surface area contributed by atoms with Crippen molar-refractivity contribution in [3.63, 3.8) is 0 Å². The molecular formula is C16H21N. The van der Waals surface area contributed by atoms with Crippen molar-refractivity contribution >= 4 is 0 Å². The third-order valence-electron chi connectivity index (χ3n) is 4.49. The van der Waals surface area contributed by atoms with Crippen LogP contribution in [0.5, 0.6) is 0 Å².